The summed E-state index contributed by atoms with van der Waals surface area (Å²) in [5, 5.41) is 4.17. The van der Waals surface area contributed by atoms with Gasteiger partial charge in [-0.1, -0.05) is 11.3 Å². The average Bonchev–Trinajstić information content (AvgIpc) is 2.63. The van der Waals surface area contributed by atoms with E-state index < -0.39 is 0 Å². The highest BCUT2D eigenvalue weighted by atomic mass is 32.1. The third-order valence-corrected chi connectivity index (χ3v) is 3.88. The van der Waals surface area contributed by atoms with Crippen molar-refractivity contribution in [2.45, 2.75) is 20.8 Å². The maximum absolute atomic E-state index is 12.0. The first-order valence-corrected chi connectivity index (χ1v) is 6.72. The van der Waals surface area contributed by atoms with E-state index in [1.807, 2.05) is 13.8 Å². The molecule has 2 aromatic rings. The molecule has 0 aliphatic rings. The molecule has 2 aromatic heterocycles. The van der Waals surface area contributed by atoms with Crippen molar-refractivity contribution < 1.29 is 0 Å². The standard InChI is InChI=1S/C11H13N5OS2/c1-5-4-8(17)16-7(3)9(19-11(16)13-5)6(2)14-15-10(12)18/h4H,1-3H3,(H3,12,15,18). The van der Waals surface area contributed by atoms with Crippen LogP contribution in [-0.4, -0.2) is 20.2 Å². The summed E-state index contributed by atoms with van der Waals surface area (Å²) in [5.74, 6) is 0. The fourth-order valence-corrected chi connectivity index (χ4v) is 2.91. The molecule has 6 nitrogen and oxygen atoms in total. The van der Waals surface area contributed by atoms with Crippen molar-refractivity contribution in [3.05, 3.63) is 32.7 Å². The van der Waals surface area contributed by atoms with Crippen molar-refractivity contribution in [3.8, 4) is 0 Å². The van der Waals surface area contributed by atoms with Gasteiger partial charge in [0, 0.05) is 17.5 Å². The fourth-order valence-electron chi connectivity index (χ4n) is 1.74. The molecular formula is C11H13N5OS2. The number of hydrazone groups is 1. The van der Waals surface area contributed by atoms with Gasteiger partial charge >= 0.3 is 0 Å². The molecule has 0 amide bonds. The van der Waals surface area contributed by atoms with Crippen LogP contribution < -0.4 is 16.7 Å². The zero-order valence-corrected chi connectivity index (χ0v) is 12.4. The van der Waals surface area contributed by atoms with Crippen molar-refractivity contribution in [1.29, 1.82) is 0 Å². The molecule has 8 heteroatoms. The van der Waals surface area contributed by atoms with Crippen molar-refractivity contribution in [3.63, 3.8) is 0 Å². The number of thiazole rings is 1. The molecular weight excluding hydrogens is 282 g/mol. The van der Waals surface area contributed by atoms with Gasteiger partial charge in [-0.05, 0) is 33.0 Å². The predicted octanol–water partition coefficient (Wildman–Crippen LogP) is 0.930. The summed E-state index contributed by atoms with van der Waals surface area (Å²) in [7, 11) is 0. The second kappa shape index (κ2) is 5.06. The van der Waals surface area contributed by atoms with E-state index in [9.17, 15) is 4.79 Å². The van der Waals surface area contributed by atoms with Crippen LogP contribution in [0.5, 0.6) is 0 Å². The van der Waals surface area contributed by atoms with Gasteiger partial charge in [-0.3, -0.25) is 14.6 Å². The molecule has 2 heterocycles. The van der Waals surface area contributed by atoms with Crippen molar-refractivity contribution in [2.24, 2.45) is 10.8 Å². The van der Waals surface area contributed by atoms with Gasteiger partial charge < -0.3 is 5.73 Å². The Hall–Kier alpha value is -1.80. The van der Waals surface area contributed by atoms with Crippen LogP contribution in [0.2, 0.25) is 0 Å². The van der Waals surface area contributed by atoms with Crippen molar-refractivity contribution >= 4 is 39.3 Å². The molecule has 0 aliphatic carbocycles. The van der Waals surface area contributed by atoms with E-state index in [1.54, 1.807) is 11.3 Å². The Kier molecular flexibility index (Phi) is 3.63. The Morgan fingerprint density at radius 2 is 2.26 bits per heavy atom. The molecule has 3 N–H and O–H groups in total. The monoisotopic (exact) mass is 295 g/mol. The molecule has 0 radical (unpaired) electrons. The minimum Gasteiger partial charge on any atom is -0.375 e. The van der Waals surface area contributed by atoms with E-state index in [0.717, 1.165) is 10.6 Å². The Balaban J connectivity index is 2.60. The zero-order valence-electron chi connectivity index (χ0n) is 10.7. The third-order valence-electron chi connectivity index (χ3n) is 2.54. The molecule has 19 heavy (non-hydrogen) atoms. The molecule has 0 saturated heterocycles. The largest absolute Gasteiger partial charge is 0.375 e. The van der Waals surface area contributed by atoms with Crippen molar-refractivity contribution in [2.75, 3.05) is 0 Å². The zero-order chi connectivity index (χ0) is 14.2. The van der Waals surface area contributed by atoms with Gasteiger partial charge in [-0.25, -0.2) is 4.98 Å². The Bertz CT molecular complexity index is 743. The SMILES string of the molecule is CC(=NNC(N)=S)c1sc2nc(C)cc(=O)n2c1C. The highest BCUT2D eigenvalue weighted by molar-refractivity contribution is 7.80. The minimum atomic E-state index is -0.0856. The molecule has 0 spiro atoms. The van der Waals surface area contributed by atoms with Gasteiger partial charge in [0.25, 0.3) is 5.56 Å². The normalized spacial score (nSPS) is 11.8. The van der Waals surface area contributed by atoms with Gasteiger partial charge in [0.2, 0.25) is 0 Å². The quantitative estimate of drug-likeness (QED) is 0.489. The summed E-state index contributed by atoms with van der Waals surface area (Å²) in [6.45, 7) is 5.48. The van der Waals surface area contributed by atoms with Crippen LogP contribution in [0.4, 0.5) is 0 Å². The number of hydrogen-bond donors (Lipinski definition) is 2. The number of aromatic nitrogens is 2. The van der Waals surface area contributed by atoms with Crippen LogP contribution >= 0.6 is 23.6 Å². The lowest BCUT2D eigenvalue weighted by Crippen LogP contribution is -2.25. The first-order valence-electron chi connectivity index (χ1n) is 5.50. The van der Waals surface area contributed by atoms with Crippen LogP contribution in [0.25, 0.3) is 4.96 Å². The Labute approximate surface area is 119 Å². The highest BCUT2D eigenvalue weighted by Gasteiger charge is 2.13. The lowest BCUT2D eigenvalue weighted by molar-refractivity contribution is 0.994. The number of rotatable bonds is 2. The number of hydrogen-bond acceptors (Lipinski definition) is 5. The van der Waals surface area contributed by atoms with Gasteiger partial charge in [-0.2, -0.15) is 5.10 Å². The smallest absolute Gasteiger partial charge is 0.258 e. The summed E-state index contributed by atoms with van der Waals surface area (Å²) in [5.41, 5.74) is 9.99. The number of nitrogens with zero attached hydrogens (tertiary/aromatic N) is 3. The second-order valence-electron chi connectivity index (χ2n) is 4.04. The van der Waals surface area contributed by atoms with Crippen LogP contribution in [-0.2, 0) is 0 Å². The molecule has 0 saturated carbocycles. The van der Waals surface area contributed by atoms with Gasteiger partial charge in [0.1, 0.15) is 0 Å². The van der Waals surface area contributed by atoms with Crippen LogP contribution in [0.1, 0.15) is 23.2 Å². The molecule has 0 fully saturated rings. The van der Waals surface area contributed by atoms with E-state index in [2.05, 4.69) is 15.5 Å². The van der Waals surface area contributed by atoms with E-state index in [0.29, 0.717) is 16.4 Å². The number of thiocarbonyl (C=S) groups is 1. The Morgan fingerprint density at radius 1 is 1.58 bits per heavy atom. The van der Waals surface area contributed by atoms with Crippen molar-refractivity contribution in [1.82, 2.24) is 14.8 Å². The van der Waals surface area contributed by atoms with E-state index in [1.165, 1.54) is 17.4 Å². The van der Waals surface area contributed by atoms with E-state index >= 15 is 0 Å². The molecule has 0 atom stereocenters. The molecule has 0 aromatic carbocycles. The molecule has 0 bridgehead atoms. The van der Waals surface area contributed by atoms with Crippen LogP contribution in [0, 0.1) is 13.8 Å². The predicted molar refractivity (Wildman–Crippen MR) is 80.9 cm³/mol. The van der Waals surface area contributed by atoms with Gasteiger partial charge in [-0.15, -0.1) is 0 Å². The number of aryl methyl sites for hydroxylation is 2. The lowest BCUT2D eigenvalue weighted by Gasteiger charge is -2.00. The van der Waals surface area contributed by atoms with E-state index in [4.69, 9.17) is 18.0 Å². The molecule has 100 valence electrons. The van der Waals surface area contributed by atoms with Crippen LogP contribution in [0.3, 0.4) is 0 Å². The highest BCUT2D eigenvalue weighted by Crippen LogP contribution is 2.20. The summed E-state index contributed by atoms with van der Waals surface area (Å²) in [4.78, 5) is 17.8. The lowest BCUT2D eigenvalue weighted by atomic mass is 10.3. The maximum atomic E-state index is 12.0. The summed E-state index contributed by atoms with van der Waals surface area (Å²) in [6, 6.07) is 1.51. The minimum absolute atomic E-state index is 0.0856. The van der Waals surface area contributed by atoms with Gasteiger partial charge in [0.15, 0.2) is 10.1 Å². The summed E-state index contributed by atoms with van der Waals surface area (Å²) >= 11 is 6.10. The summed E-state index contributed by atoms with van der Waals surface area (Å²) in [6.07, 6.45) is 0. The molecule has 0 unspecified atom stereocenters. The number of fused-ring (bicyclic) bond motifs is 1. The summed E-state index contributed by atoms with van der Waals surface area (Å²) < 4.78 is 1.58. The fraction of sp³-hybridized carbons (Fsp3) is 0.273. The maximum Gasteiger partial charge on any atom is 0.258 e. The van der Waals surface area contributed by atoms with Gasteiger partial charge in [0.05, 0.1) is 10.6 Å². The van der Waals surface area contributed by atoms with E-state index in [-0.39, 0.29) is 10.7 Å². The Morgan fingerprint density at radius 3 is 2.89 bits per heavy atom. The number of nitrogens with two attached hydrogens (primary N) is 1. The first kappa shape index (κ1) is 13.6. The average molecular weight is 295 g/mol. The second-order valence-corrected chi connectivity index (χ2v) is 5.46. The number of nitrogens with one attached hydrogen (secondary N) is 1. The van der Waals surface area contributed by atoms with Crippen LogP contribution in [0.15, 0.2) is 16.0 Å². The topological polar surface area (TPSA) is 84.8 Å². The molecule has 2 rings (SSSR count). The first-order chi connectivity index (χ1) is 8.90. The third kappa shape index (κ3) is 2.64. The molecule has 0 aliphatic heterocycles.